The van der Waals surface area contributed by atoms with E-state index in [1.807, 2.05) is 6.07 Å². The van der Waals surface area contributed by atoms with Crippen LogP contribution in [0.15, 0.2) is 109 Å². The van der Waals surface area contributed by atoms with Crippen molar-refractivity contribution < 1.29 is 39.3 Å². The lowest BCUT2D eigenvalue weighted by atomic mass is 10.00. The molecule has 0 saturated heterocycles. The number of carboxylic acids is 1. The summed E-state index contributed by atoms with van der Waals surface area (Å²) in [6.07, 6.45) is -0.0905. The predicted octanol–water partition coefficient (Wildman–Crippen LogP) is 1.74. The van der Waals surface area contributed by atoms with Crippen LogP contribution in [0.5, 0.6) is 11.5 Å². The SMILES string of the molecule is C[C@@H](N)C(=O)N[C@H](Cc1ccccc1)C(=O)N[C@H](Cc1ccc(O)cc1)C(=O)N[C@H](Cc1ccc(O)cc1)C(=O)N[C@H](Cc1ccccc1)C(=O)O. The third-order valence-electron chi connectivity index (χ3n) is 8.24. The number of phenols is 2. The molecule has 13 nitrogen and oxygen atoms in total. The quantitative estimate of drug-likeness (QED) is 0.0799. The number of benzene rings is 4. The molecule has 9 N–H and O–H groups in total. The number of rotatable bonds is 17. The van der Waals surface area contributed by atoms with Gasteiger partial charge in [-0.3, -0.25) is 19.2 Å². The molecule has 4 amide bonds. The van der Waals surface area contributed by atoms with Crippen molar-refractivity contribution in [2.75, 3.05) is 0 Å². The summed E-state index contributed by atoms with van der Waals surface area (Å²) in [5.74, 6) is -4.12. The molecule has 0 bridgehead atoms. The second kappa shape index (κ2) is 18.7. The fourth-order valence-corrected chi connectivity index (χ4v) is 5.38. The first-order valence-electron chi connectivity index (χ1n) is 16.7. The number of aliphatic carboxylic acids is 1. The zero-order chi connectivity index (χ0) is 37.6. The molecule has 0 unspecified atom stereocenters. The Morgan fingerprint density at radius 2 is 0.769 bits per heavy atom. The average molecular weight is 710 g/mol. The number of nitrogens with two attached hydrogens (primary N) is 1. The van der Waals surface area contributed by atoms with Crippen molar-refractivity contribution in [3.8, 4) is 11.5 Å². The van der Waals surface area contributed by atoms with Crippen molar-refractivity contribution in [1.29, 1.82) is 0 Å². The molecule has 0 saturated carbocycles. The van der Waals surface area contributed by atoms with Crippen LogP contribution in [0.4, 0.5) is 0 Å². The molecule has 0 aliphatic rings. The largest absolute Gasteiger partial charge is 0.508 e. The maximum absolute atomic E-state index is 14.1. The maximum atomic E-state index is 14.1. The van der Waals surface area contributed by atoms with E-state index < -0.39 is 59.8 Å². The van der Waals surface area contributed by atoms with Crippen molar-refractivity contribution in [3.63, 3.8) is 0 Å². The number of carboxylic acid groups (broad SMARTS) is 1. The summed E-state index contributed by atoms with van der Waals surface area (Å²) < 4.78 is 0. The molecule has 5 atom stereocenters. The van der Waals surface area contributed by atoms with Crippen LogP contribution in [0, 0.1) is 0 Å². The standard InChI is InChI=1S/C39H43N5O8/c1-24(40)35(47)41-31(20-25-8-4-2-5-9-25)36(48)42-32(21-27-12-16-29(45)17-13-27)37(49)43-33(22-28-14-18-30(46)19-15-28)38(50)44-34(39(51)52)23-26-10-6-3-7-11-26/h2-19,24,31-34,45-46H,20-23,40H2,1H3,(H,41,47)(H,42,48)(H,43,49)(H,44,50)(H,51,52)/t24-,31-,32-,33-,34-/m1/s1. The fraction of sp³-hybridized carbons (Fsp3) is 0.256. The molecule has 13 heteroatoms. The molecular formula is C39H43N5O8. The molecule has 52 heavy (non-hydrogen) atoms. The Labute approximate surface area is 301 Å². The highest BCUT2D eigenvalue weighted by atomic mass is 16.4. The molecule has 0 fully saturated rings. The van der Waals surface area contributed by atoms with E-state index >= 15 is 0 Å². The second-order valence-electron chi connectivity index (χ2n) is 12.5. The number of aromatic hydroxyl groups is 2. The number of amides is 4. The smallest absolute Gasteiger partial charge is 0.326 e. The van der Waals surface area contributed by atoms with Gasteiger partial charge in [-0.05, 0) is 53.4 Å². The Bertz CT molecular complexity index is 1800. The summed E-state index contributed by atoms with van der Waals surface area (Å²) in [6, 6.07) is 23.7. The van der Waals surface area contributed by atoms with Crippen molar-refractivity contribution in [3.05, 3.63) is 131 Å². The Morgan fingerprint density at radius 3 is 1.10 bits per heavy atom. The topological polar surface area (TPSA) is 220 Å². The number of phenolic OH excluding ortho intramolecular Hbond substituents is 2. The molecule has 4 aromatic carbocycles. The predicted molar refractivity (Wildman–Crippen MR) is 193 cm³/mol. The maximum Gasteiger partial charge on any atom is 0.326 e. The second-order valence-corrected chi connectivity index (χ2v) is 12.5. The van der Waals surface area contributed by atoms with E-state index in [4.69, 9.17) is 5.73 Å². The molecule has 0 aliphatic heterocycles. The van der Waals surface area contributed by atoms with Gasteiger partial charge in [-0.25, -0.2) is 4.79 Å². The number of carbonyl (C=O) groups excluding carboxylic acids is 4. The van der Waals surface area contributed by atoms with Gasteiger partial charge in [0.2, 0.25) is 23.6 Å². The van der Waals surface area contributed by atoms with E-state index in [0.717, 1.165) is 5.56 Å². The van der Waals surface area contributed by atoms with E-state index in [2.05, 4.69) is 21.3 Å². The Balaban J connectivity index is 1.62. The molecule has 0 aromatic heterocycles. The van der Waals surface area contributed by atoms with Crippen LogP contribution in [0.3, 0.4) is 0 Å². The summed E-state index contributed by atoms with van der Waals surface area (Å²) in [5.41, 5.74) is 8.30. The van der Waals surface area contributed by atoms with Gasteiger partial charge >= 0.3 is 5.97 Å². The Morgan fingerprint density at radius 1 is 0.481 bits per heavy atom. The monoisotopic (exact) mass is 709 g/mol. The average Bonchev–Trinajstić information content (AvgIpc) is 3.12. The van der Waals surface area contributed by atoms with Crippen LogP contribution >= 0.6 is 0 Å². The van der Waals surface area contributed by atoms with Crippen LogP contribution in [-0.4, -0.2) is 75.1 Å². The van der Waals surface area contributed by atoms with E-state index in [-0.39, 0.29) is 37.2 Å². The molecule has 0 radical (unpaired) electrons. The minimum atomic E-state index is -1.33. The molecule has 272 valence electrons. The van der Waals surface area contributed by atoms with Gasteiger partial charge in [0.25, 0.3) is 0 Å². The van der Waals surface area contributed by atoms with Crippen molar-refractivity contribution in [1.82, 2.24) is 21.3 Å². The van der Waals surface area contributed by atoms with Gasteiger partial charge < -0.3 is 42.3 Å². The highest BCUT2D eigenvalue weighted by molar-refractivity contribution is 5.95. The van der Waals surface area contributed by atoms with Crippen LogP contribution in [0.25, 0.3) is 0 Å². The normalized spacial score (nSPS) is 13.7. The molecule has 0 aliphatic carbocycles. The zero-order valence-electron chi connectivity index (χ0n) is 28.6. The molecule has 4 rings (SSSR count). The first kappa shape index (κ1) is 38.6. The number of hydrogen-bond acceptors (Lipinski definition) is 8. The van der Waals surface area contributed by atoms with Gasteiger partial charge in [0.1, 0.15) is 35.7 Å². The van der Waals surface area contributed by atoms with Crippen LogP contribution in [0.1, 0.15) is 29.2 Å². The van der Waals surface area contributed by atoms with Crippen molar-refractivity contribution in [2.45, 2.75) is 62.8 Å². The number of carbonyl (C=O) groups is 5. The minimum Gasteiger partial charge on any atom is -0.508 e. The van der Waals surface area contributed by atoms with E-state index in [0.29, 0.717) is 16.7 Å². The van der Waals surface area contributed by atoms with Crippen LogP contribution < -0.4 is 27.0 Å². The third-order valence-corrected chi connectivity index (χ3v) is 8.24. The lowest BCUT2D eigenvalue weighted by molar-refractivity contribution is -0.142. The van der Waals surface area contributed by atoms with Crippen LogP contribution in [0.2, 0.25) is 0 Å². The number of nitrogens with one attached hydrogen (secondary N) is 4. The molecule has 0 heterocycles. The first-order chi connectivity index (χ1) is 24.9. The number of hydrogen-bond donors (Lipinski definition) is 8. The first-order valence-corrected chi connectivity index (χ1v) is 16.7. The van der Waals surface area contributed by atoms with Gasteiger partial charge in [-0.15, -0.1) is 0 Å². The summed E-state index contributed by atoms with van der Waals surface area (Å²) in [5, 5.41) is 40.2. The van der Waals surface area contributed by atoms with Crippen molar-refractivity contribution in [2.24, 2.45) is 5.73 Å². The molecule has 4 aromatic rings. The summed E-state index contributed by atoms with van der Waals surface area (Å²) in [4.78, 5) is 66.6. The Kier molecular flexibility index (Phi) is 13.9. The van der Waals surface area contributed by atoms with Crippen LogP contribution in [-0.2, 0) is 49.7 Å². The van der Waals surface area contributed by atoms with Gasteiger partial charge in [-0.1, -0.05) is 84.9 Å². The van der Waals surface area contributed by atoms with E-state index in [1.165, 1.54) is 31.2 Å². The van der Waals surface area contributed by atoms with E-state index in [1.54, 1.807) is 78.9 Å². The lowest BCUT2D eigenvalue weighted by Gasteiger charge is -2.27. The summed E-state index contributed by atoms with van der Waals surface area (Å²) in [7, 11) is 0. The van der Waals surface area contributed by atoms with Gasteiger partial charge in [0.15, 0.2) is 0 Å². The third kappa shape index (κ3) is 12.0. The van der Waals surface area contributed by atoms with Gasteiger partial charge in [-0.2, -0.15) is 0 Å². The minimum absolute atomic E-state index is 0.00977. The van der Waals surface area contributed by atoms with E-state index in [9.17, 15) is 39.3 Å². The lowest BCUT2D eigenvalue weighted by Crippen LogP contribution is -2.59. The highest BCUT2D eigenvalue weighted by Crippen LogP contribution is 2.15. The van der Waals surface area contributed by atoms with Crippen molar-refractivity contribution >= 4 is 29.6 Å². The Hall–Kier alpha value is -6.21. The zero-order valence-corrected chi connectivity index (χ0v) is 28.6. The molecular weight excluding hydrogens is 666 g/mol. The fourth-order valence-electron chi connectivity index (χ4n) is 5.38. The van der Waals surface area contributed by atoms with Gasteiger partial charge in [0, 0.05) is 25.7 Å². The van der Waals surface area contributed by atoms with Gasteiger partial charge in [0.05, 0.1) is 6.04 Å². The highest BCUT2D eigenvalue weighted by Gasteiger charge is 2.32. The summed E-state index contributed by atoms with van der Waals surface area (Å²) >= 11 is 0. The molecule has 0 spiro atoms. The summed E-state index contributed by atoms with van der Waals surface area (Å²) in [6.45, 7) is 1.47.